The Morgan fingerprint density at radius 2 is 1.91 bits per heavy atom. The van der Waals surface area contributed by atoms with E-state index < -0.39 is 11.9 Å². The van der Waals surface area contributed by atoms with Gasteiger partial charge >= 0.3 is 6.03 Å². The van der Waals surface area contributed by atoms with Crippen molar-refractivity contribution in [3.63, 3.8) is 0 Å². The van der Waals surface area contributed by atoms with Crippen molar-refractivity contribution in [2.45, 2.75) is 53.6 Å². The molecule has 1 aromatic carbocycles. The van der Waals surface area contributed by atoms with E-state index in [1.165, 1.54) is 19.1 Å². The van der Waals surface area contributed by atoms with Gasteiger partial charge in [0.15, 0.2) is 11.5 Å². The van der Waals surface area contributed by atoms with Crippen LogP contribution in [0.5, 0.6) is 17.2 Å². The van der Waals surface area contributed by atoms with E-state index in [9.17, 15) is 9.18 Å². The normalized spacial score (nSPS) is 14.8. The van der Waals surface area contributed by atoms with Crippen LogP contribution in [0.2, 0.25) is 0 Å². The lowest BCUT2D eigenvalue weighted by Crippen LogP contribution is -2.36. The van der Waals surface area contributed by atoms with Crippen LogP contribution in [0.4, 0.5) is 9.18 Å². The van der Waals surface area contributed by atoms with Crippen molar-refractivity contribution >= 4 is 28.4 Å². The molecule has 2 aromatic rings. The number of fused-ring (bicyclic) bond motifs is 1. The number of aliphatic imine (C=N–C) groups is 2. The zero-order chi connectivity index (χ0) is 31.4. The molecule has 0 unspecified atom stereocenters. The molecular formula is C33H40FN3O6. The highest BCUT2D eigenvalue weighted by Crippen LogP contribution is 2.36. The molecule has 0 bridgehead atoms. The molecule has 1 aliphatic rings. The fraction of sp³-hybridized carbons (Fsp3) is 0.394. The van der Waals surface area contributed by atoms with Crippen LogP contribution in [-0.2, 0) is 9.47 Å². The Kier molecular flexibility index (Phi) is 12.8. The van der Waals surface area contributed by atoms with Crippen molar-refractivity contribution in [1.29, 1.82) is 0 Å². The molecule has 0 atom stereocenters. The van der Waals surface area contributed by atoms with Gasteiger partial charge in [0.1, 0.15) is 29.2 Å². The number of ether oxygens (including phenoxy) is 5. The first-order valence-electron chi connectivity index (χ1n) is 14.2. The number of hydrogen-bond acceptors (Lipinski definition) is 7. The molecule has 0 radical (unpaired) electrons. The monoisotopic (exact) mass is 593 g/mol. The minimum Gasteiger partial charge on any atom is -0.493 e. The van der Waals surface area contributed by atoms with Gasteiger partial charge in [-0.05, 0) is 70.0 Å². The summed E-state index contributed by atoms with van der Waals surface area (Å²) < 4.78 is 42.6. The molecule has 3 rings (SSSR count). The van der Waals surface area contributed by atoms with Gasteiger partial charge < -0.3 is 23.7 Å². The molecular weight excluding hydrogens is 553 g/mol. The number of amides is 2. The van der Waals surface area contributed by atoms with E-state index in [-0.39, 0.29) is 11.8 Å². The summed E-state index contributed by atoms with van der Waals surface area (Å²) in [5.74, 6) is 1.35. The van der Waals surface area contributed by atoms with Crippen LogP contribution in [0.15, 0.2) is 81.9 Å². The van der Waals surface area contributed by atoms with Crippen molar-refractivity contribution < 1.29 is 32.9 Å². The molecule has 43 heavy (non-hydrogen) atoms. The number of allylic oxidation sites excluding steroid dienone is 6. The summed E-state index contributed by atoms with van der Waals surface area (Å²) in [7, 11) is 1.57. The molecule has 1 saturated heterocycles. The van der Waals surface area contributed by atoms with Crippen LogP contribution >= 0.6 is 0 Å². The van der Waals surface area contributed by atoms with Gasteiger partial charge in [-0.15, -0.1) is 0 Å². The average Bonchev–Trinajstić information content (AvgIpc) is 2.95. The maximum atomic E-state index is 14.2. The summed E-state index contributed by atoms with van der Waals surface area (Å²) in [5.41, 5.74) is 2.53. The second-order valence-corrected chi connectivity index (χ2v) is 10.0. The Labute approximate surface area is 252 Å². The van der Waals surface area contributed by atoms with Crippen molar-refractivity contribution in [2.75, 3.05) is 33.5 Å². The average molecular weight is 594 g/mol. The molecule has 0 spiro atoms. The predicted molar refractivity (Wildman–Crippen MR) is 167 cm³/mol. The first-order chi connectivity index (χ1) is 20.6. The lowest BCUT2D eigenvalue weighted by Gasteiger charge is -2.25. The number of pyridine rings is 1. The van der Waals surface area contributed by atoms with Crippen LogP contribution in [0.25, 0.3) is 10.9 Å². The lowest BCUT2D eigenvalue weighted by atomic mass is 10.1. The van der Waals surface area contributed by atoms with Crippen molar-refractivity contribution in [3.05, 3.63) is 71.9 Å². The number of nitrogens with zero attached hydrogens (tertiary/aromatic N) is 3. The van der Waals surface area contributed by atoms with Gasteiger partial charge in [-0.2, -0.15) is 9.98 Å². The summed E-state index contributed by atoms with van der Waals surface area (Å²) in [4.78, 5) is 25.0. The second kappa shape index (κ2) is 16.5. The Morgan fingerprint density at radius 3 is 2.53 bits per heavy atom. The maximum absolute atomic E-state index is 14.2. The molecule has 9 nitrogen and oxygen atoms in total. The third-order valence-corrected chi connectivity index (χ3v) is 6.27. The summed E-state index contributed by atoms with van der Waals surface area (Å²) >= 11 is 0. The molecule has 2 heterocycles. The zero-order valence-electron chi connectivity index (χ0n) is 25.7. The third kappa shape index (κ3) is 9.97. The van der Waals surface area contributed by atoms with Crippen LogP contribution in [0, 0.1) is 0 Å². The molecule has 1 aliphatic heterocycles. The molecule has 1 fully saturated rings. The fourth-order valence-electron chi connectivity index (χ4n) is 4.05. The molecule has 2 amide bonds. The number of aromatic nitrogens is 1. The molecule has 1 aromatic heterocycles. The van der Waals surface area contributed by atoms with Gasteiger partial charge in [-0.25, -0.2) is 9.18 Å². The van der Waals surface area contributed by atoms with Crippen molar-refractivity contribution in [2.24, 2.45) is 9.98 Å². The van der Waals surface area contributed by atoms with E-state index in [0.29, 0.717) is 78.0 Å². The fourth-order valence-corrected chi connectivity index (χ4v) is 4.05. The first kappa shape index (κ1) is 33.4. The molecule has 230 valence electrons. The quantitative estimate of drug-likeness (QED) is 0.0966. The van der Waals surface area contributed by atoms with E-state index in [4.69, 9.17) is 23.7 Å². The summed E-state index contributed by atoms with van der Waals surface area (Å²) in [6, 6.07) is 4.54. The highest BCUT2D eigenvalue weighted by Gasteiger charge is 2.18. The van der Waals surface area contributed by atoms with Crippen molar-refractivity contribution in [3.8, 4) is 17.2 Å². The van der Waals surface area contributed by atoms with E-state index >= 15 is 0 Å². The number of halogens is 1. The van der Waals surface area contributed by atoms with E-state index in [1.807, 2.05) is 13.0 Å². The number of hydrogen-bond donors (Lipinski definition) is 0. The standard InChI is InChI=1S/C33H40FN3O6/c1-8-26(34)29(15-21(3)4)37-33(38)36-27(9-2)22(5)16-23(6)43-30-11-12-35-28-18-32(31(39-7)17-25(28)30)42-14-10-13-41-24-19-40-20-24/h8,11-12,15-18,24H,6,9-10,13-14,19-20H2,1-5,7H3/b22-16-,26-8+,36-27?,37-29?. The largest absolute Gasteiger partial charge is 0.493 e. The topological polar surface area (TPSA) is 101 Å². The summed E-state index contributed by atoms with van der Waals surface area (Å²) in [6.45, 7) is 15.1. The SMILES string of the molecule is C=C(/C=C(/C)C(CC)=NC(=O)N=C(C=C(C)C)/C(F)=C\C)Oc1ccnc2cc(OCCCOC3COC3)c(OC)cc12. The van der Waals surface area contributed by atoms with Gasteiger partial charge in [0.25, 0.3) is 0 Å². The molecule has 0 N–H and O–H groups in total. The Hall–Kier alpha value is -4.15. The minimum atomic E-state index is -0.800. The van der Waals surface area contributed by atoms with Gasteiger partial charge in [0.05, 0.1) is 39.1 Å². The number of benzene rings is 1. The van der Waals surface area contributed by atoms with Crippen molar-refractivity contribution in [1.82, 2.24) is 4.98 Å². The Bertz CT molecular complexity index is 1470. The second-order valence-electron chi connectivity index (χ2n) is 10.0. The lowest BCUT2D eigenvalue weighted by molar-refractivity contribution is -0.130. The number of urea groups is 1. The molecule has 0 aliphatic carbocycles. The van der Waals surface area contributed by atoms with Gasteiger partial charge in [-0.1, -0.05) is 19.1 Å². The Balaban J connectivity index is 1.74. The maximum Gasteiger partial charge on any atom is 0.367 e. The zero-order valence-corrected chi connectivity index (χ0v) is 25.7. The van der Waals surface area contributed by atoms with Crippen LogP contribution in [0.1, 0.15) is 47.5 Å². The van der Waals surface area contributed by atoms with E-state index in [2.05, 4.69) is 21.5 Å². The van der Waals surface area contributed by atoms with Gasteiger partial charge in [0, 0.05) is 29.8 Å². The van der Waals surface area contributed by atoms with Crippen LogP contribution in [0.3, 0.4) is 0 Å². The molecule has 0 saturated carbocycles. The highest BCUT2D eigenvalue weighted by molar-refractivity contribution is 6.14. The predicted octanol–water partition coefficient (Wildman–Crippen LogP) is 7.52. The molecule has 10 heteroatoms. The van der Waals surface area contributed by atoms with E-state index in [0.717, 1.165) is 12.0 Å². The van der Waals surface area contributed by atoms with Crippen LogP contribution < -0.4 is 14.2 Å². The summed E-state index contributed by atoms with van der Waals surface area (Å²) in [5, 5.41) is 0.707. The van der Waals surface area contributed by atoms with Crippen LogP contribution in [-0.4, -0.2) is 62.1 Å². The minimum absolute atomic E-state index is 0.0665. The first-order valence-corrected chi connectivity index (χ1v) is 14.2. The highest BCUT2D eigenvalue weighted by atomic mass is 19.1. The van der Waals surface area contributed by atoms with E-state index in [1.54, 1.807) is 52.3 Å². The number of methoxy groups -OCH3 is 1. The van der Waals surface area contributed by atoms with Gasteiger partial charge in [-0.3, -0.25) is 4.98 Å². The summed E-state index contributed by atoms with van der Waals surface area (Å²) in [6.07, 6.45) is 7.42. The Morgan fingerprint density at radius 1 is 1.14 bits per heavy atom. The number of rotatable bonds is 14. The smallest absolute Gasteiger partial charge is 0.367 e. The third-order valence-electron chi connectivity index (χ3n) is 6.27. The number of carbonyl (C=O) groups is 1. The number of carbonyl (C=O) groups excluding carboxylic acids is 1. The van der Waals surface area contributed by atoms with Gasteiger partial charge in [0.2, 0.25) is 0 Å².